The largest absolute Gasteiger partial charge is 0.377 e. The van der Waals surface area contributed by atoms with Crippen molar-refractivity contribution in [1.82, 2.24) is 4.72 Å². The van der Waals surface area contributed by atoms with Gasteiger partial charge in [-0.25, -0.2) is 21.6 Å². The Kier molecular flexibility index (Phi) is 7.55. The standard InChI is InChI=1S/C21H27N3O6S2/c1-3-31(26,27)24-20-10-9-17(12-15(20)2)23-21(25)16-6-4-8-19(13-16)32(28,29)22-14-18-7-5-11-30-18/h4,6,8-10,12-13,18,22,24H,3,5,7,11,14H2,1-2H3,(H,23,25). The summed E-state index contributed by atoms with van der Waals surface area (Å²) in [5.41, 5.74) is 1.69. The molecule has 0 saturated carbocycles. The lowest BCUT2D eigenvalue weighted by molar-refractivity contribution is 0.102. The molecule has 174 valence electrons. The topological polar surface area (TPSA) is 131 Å². The van der Waals surface area contributed by atoms with Crippen LogP contribution in [0.1, 0.15) is 35.7 Å². The summed E-state index contributed by atoms with van der Waals surface area (Å²) in [6, 6.07) is 10.5. The second-order valence-electron chi connectivity index (χ2n) is 7.50. The SMILES string of the molecule is CCS(=O)(=O)Nc1ccc(NC(=O)c2cccc(S(=O)(=O)NCC3CCCO3)c2)cc1C. The van der Waals surface area contributed by atoms with Crippen LogP contribution in [-0.2, 0) is 24.8 Å². The van der Waals surface area contributed by atoms with Gasteiger partial charge in [0.15, 0.2) is 0 Å². The summed E-state index contributed by atoms with van der Waals surface area (Å²) in [5, 5.41) is 2.71. The van der Waals surface area contributed by atoms with E-state index in [9.17, 15) is 21.6 Å². The predicted molar refractivity (Wildman–Crippen MR) is 123 cm³/mol. The third-order valence-electron chi connectivity index (χ3n) is 5.06. The minimum Gasteiger partial charge on any atom is -0.377 e. The van der Waals surface area contributed by atoms with Crippen molar-refractivity contribution in [2.45, 2.75) is 37.7 Å². The zero-order valence-electron chi connectivity index (χ0n) is 17.9. The maximum Gasteiger partial charge on any atom is 0.255 e. The van der Waals surface area contributed by atoms with E-state index in [0.29, 0.717) is 23.5 Å². The highest BCUT2D eigenvalue weighted by molar-refractivity contribution is 7.92. The van der Waals surface area contributed by atoms with Crippen LogP contribution in [0.4, 0.5) is 11.4 Å². The Bertz CT molecular complexity index is 1190. The third-order valence-corrected chi connectivity index (χ3v) is 7.77. The lowest BCUT2D eigenvalue weighted by Crippen LogP contribution is -2.32. The van der Waals surface area contributed by atoms with Crippen molar-refractivity contribution in [3.63, 3.8) is 0 Å². The molecule has 2 aromatic carbocycles. The minimum absolute atomic E-state index is 0.0105. The Morgan fingerprint density at radius 3 is 2.56 bits per heavy atom. The molecule has 1 heterocycles. The van der Waals surface area contributed by atoms with Crippen LogP contribution < -0.4 is 14.8 Å². The Morgan fingerprint density at radius 1 is 1.12 bits per heavy atom. The lowest BCUT2D eigenvalue weighted by Gasteiger charge is -2.13. The number of hydrogen-bond donors (Lipinski definition) is 3. The second-order valence-corrected chi connectivity index (χ2v) is 11.3. The van der Waals surface area contributed by atoms with E-state index in [2.05, 4.69) is 14.8 Å². The molecule has 11 heteroatoms. The number of ether oxygens (including phenoxy) is 1. The van der Waals surface area contributed by atoms with E-state index < -0.39 is 26.0 Å². The van der Waals surface area contributed by atoms with E-state index in [-0.39, 0.29) is 28.9 Å². The molecule has 1 unspecified atom stereocenters. The third kappa shape index (κ3) is 6.28. The number of anilines is 2. The lowest BCUT2D eigenvalue weighted by atomic mass is 10.1. The van der Waals surface area contributed by atoms with Crippen molar-refractivity contribution < 1.29 is 26.4 Å². The minimum atomic E-state index is -3.78. The summed E-state index contributed by atoms with van der Waals surface area (Å²) in [7, 11) is -7.20. The van der Waals surface area contributed by atoms with Crippen molar-refractivity contribution in [2.75, 3.05) is 28.9 Å². The van der Waals surface area contributed by atoms with Gasteiger partial charge in [0, 0.05) is 24.4 Å². The van der Waals surface area contributed by atoms with Gasteiger partial charge in [-0.15, -0.1) is 0 Å². The average molecular weight is 482 g/mol. The molecule has 9 nitrogen and oxygen atoms in total. The highest BCUT2D eigenvalue weighted by atomic mass is 32.2. The summed E-state index contributed by atoms with van der Waals surface area (Å²) >= 11 is 0. The van der Waals surface area contributed by atoms with Crippen molar-refractivity contribution >= 4 is 37.3 Å². The van der Waals surface area contributed by atoms with Crippen molar-refractivity contribution in [2.24, 2.45) is 0 Å². The Morgan fingerprint density at radius 2 is 1.91 bits per heavy atom. The molecule has 0 radical (unpaired) electrons. The summed E-state index contributed by atoms with van der Waals surface area (Å²) in [4.78, 5) is 12.7. The molecule has 1 fully saturated rings. The fourth-order valence-corrected chi connectivity index (χ4v) is 5.01. The van der Waals surface area contributed by atoms with Gasteiger partial charge in [-0.2, -0.15) is 0 Å². The van der Waals surface area contributed by atoms with E-state index in [1.54, 1.807) is 32.0 Å². The quantitative estimate of drug-likeness (QED) is 0.504. The number of hydrogen-bond acceptors (Lipinski definition) is 6. The molecular formula is C21H27N3O6S2. The van der Waals surface area contributed by atoms with Crippen LogP contribution in [0.3, 0.4) is 0 Å². The fraction of sp³-hybridized carbons (Fsp3) is 0.381. The molecular weight excluding hydrogens is 454 g/mol. The van der Waals surface area contributed by atoms with Crippen LogP contribution in [0.15, 0.2) is 47.4 Å². The number of aryl methyl sites for hydroxylation is 1. The Balaban J connectivity index is 1.70. The van der Waals surface area contributed by atoms with Gasteiger partial charge in [0.05, 0.1) is 22.4 Å². The van der Waals surface area contributed by atoms with Gasteiger partial charge in [-0.05, 0) is 68.7 Å². The van der Waals surface area contributed by atoms with Crippen LogP contribution >= 0.6 is 0 Å². The first-order valence-corrected chi connectivity index (χ1v) is 13.4. The van der Waals surface area contributed by atoms with Gasteiger partial charge in [-0.3, -0.25) is 9.52 Å². The first-order valence-electron chi connectivity index (χ1n) is 10.2. The molecule has 3 rings (SSSR count). The summed E-state index contributed by atoms with van der Waals surface area (Å²) < 4.78 is 59.1. The molecule has 2 aromatic rings. The number of benzene rings is 2. The van der Waals surface area contributed by atoms with Crippen LogP contribution in [0, 0.1) is 6.92 Å². The molecule has 0 bridgehead atoms. The van der Waals surface area contributed by atoms with Crippen LogP contribution in [0.2, 0.25) is 0 Å². The number of amides is 1. The van der Waals surface area contributed by atoms with Gasteiger partial charge >= 0.3 is 0 Å². The van der Waals surface area contributed by atoms with Gasteiger partial charge in [-0.1, -0.05) is 6.07 Å². The van der Waals surface area contributed by atoms with Gasteiger partial charge in [0.1, 0.15) is 0 Å². The molecule has 1 atom stereocenters. The van der Waals surface area contributed by atoms with E-state index in [1.165, 1.54) is 24.3 Å². The Hall–Kier alpha value is -2.47. The maximum atomic E-state index is 12.7. The number of rotatable bonds is 9. The van der Waals surface area contributed by atoms with Gasteiger partial charge in [0.25, 0.3) is 5.91 Å². The monoisotopic (exact) mass is 481 g/mol. The highest BCUT2D eigenvalue weighted by Gasteiger charge is 2.21. The molecule has 0 spiro atoms. The van der Waals surface area contributed by atoms with E-state index in [4.69, 9.17) is 4.74 Å². The smallest absolute Gasteiger partial charge is 0.255 e. The van der Waals surface area contributed by atoms with E-state index in [0.717, 1.165) is 12.8 Å². The van der Waals surface area contributed by atoms with Crippen molar-refractivity contribution in [3.8, 4) is 0 Å². The fourth-order valence-electron chi connectivity index (χ4n) is 3.19. The van der Waals surface area contributed by atoms with E-state index in [1.807, 2.05) is 0 Å². The number of sulfonamides is 2. The Labute approximate surface area is 188 Å². The summed E-state index contributed by atoms with van der Waals surface area (Å²) in [6.07, 6.45) is 1.58. The predicted octanol–water partition coefficient (Wildman–Crippen LogP) is 2.47. The first-order chi connectivity index (χ1) is 15.1. The molecule has 1 aliphatic heterocycles. The molecule has 0 aliphatic carbocycles. The van der Waals surface area contributed by atoms with E-state index >= 15 is 0 Å². The summed E-state index contributed by atoms with van der Waals surface area (Å²) in [6.45, 7) is 4.08. The molecule has 3 N–H and O–H groups in total. The number of carbonyl (C=O) groups excluding carboxylic acids is 1. The molecule has 1 amide bonds. The number of carbonyl (C=O) groups is 1. The van der Waals surface area contributed by atoms with Crippen molar-refractivity contribution in [3.05, 3.63) is 53.6 Å². The maximum absolute atomic E-state index is 12.7. The van der Waals surface area contributed by atoms with Gasteiger partial charge < -0.3 is 10.1 Å². The average Bonchev–Trinajstić information content (AvgIpc) is 3.28. The van der Waals surface area contributed by atoms with Crippen LogP contribution in [0.5, 0.6) is 0 Å². The molecule has 1 aliphatic rings. The molecule has 1 saturated heterocycles. The zero-order chi connectivity index (χ0) is 23.4. The van der Waals surface area contributed by atoms with Crippen LogP contribution in [0.25, 0.3) is 0 Å². The molecule has 0 aromatic heterocycles. The normalized spacial score (nSPS) is 16.6. The summed E-state index contributed by atoms with van der Waals surface area (Å²) in [5.74, 6) is -0.533. The zero-order valence-corrected chi connectivity index (χ0v) is 19.6. The van der Waals surface area contributed by atoms with Gasteiger partial charge in [0.2, 0.25) is 20.0 Å². The number of nitrogens with one attached hydrogen (secondary N) is 3. The molecule has 32 heavy (non-hydrogen) atoms. The van der Waals surface area contributed by atoms with Crippen molar-refractivity contribution in [1.29, 1.82) is 0 Å². The second kappa shape index (κ2) is 9.99. The first kappa shape index (κ1) is 24.2. The van der Waals surface area contributed by atoms with Crippen LogP contribution in [-0.4, -0.2) is 47.8 Å². The highest BCUT2D eigenvalue weighted by Crippen LogP contribution is 2.22.